The highest BCUT2D eigenvalue weighted by molar-refractivity contribution is 7.80. The van der Waals surface area contributed by atoms with E-state index in [-0.39, 0.29) is 0 Å². The molecule has 0 spiro atoms. The van der Waals surface area contributed by atoms with Crippen LogP contribution >= 0.6 is 12.2 Å². The molecule has 2 aromatic rings. The van der Waals surface area contributed by atoms with Crippen molar-refractivity contribution in [2.45, 2.75) is 44.6 Å². The van der Waals surface area contributed by atoms with Gasteiger partial charge in [-0.3, -0.25) is 0 Å². The van der Waals surface area contributed by atoms with Gasteiger partial charge in [0.05, 0.1) is 6.10 Å². The molecule has 110 valence electrons. The van der Waals surface area contributed by atoms with Gasteiger partial charge < -0.3 is 10.5 Å². The molecule has 1 aliphatic rings. The minimum Gasteiger partial charge on any atom is -0.490 e. The van der Waals surface area contributed by atoms with Gasteiger partial charge in [-0.25, -0.2) is 0 Å². The summed E-state index contributed by atoms with van der Waals surface area (Å²) < 4.78 is 6.30. The van der Waals surface area contributed by atoms with E-state index in [2.05, 4.69) is 12.1 Å². The fourth-order valence-corrected chi connectivity index (χ4v) is 3.31. The summed E-state index contributed by atoms with van der Waals surface area (Å²) in [5, 5.41) is 2.18. The lowest BCUT2D eigenvalue weighted by atomic mass is 10.0. The van der Waals surface area contributed by atoms with E-state index in [1.54, 1.807) is 0 Å². The van der Waals surface area contributed by atoms with Gasteiger partial charge >= 0.3 is 0 Å². The summed E-state index contributed by atoms with van der Waals surface area (Å²) in [5.74, 6) is 0.956. The van der Waals surface area contributed by atoms with Gasteiger partial charge in [0.2, 0.25) is 0 Å². The summed E-state index contributed by atoms with van der Waals surface area (Å²) in [6, 6.07) is 12.2. The number of fused-ring (bicyclic) bond motifs is 1. The molecule has 0 aromatic heterocycles. The number of thiocarbonyl (C=S) groups is 1. The predicted molar refractivity (Wildman–Crippen MR) is 92.0 cm³/mol. The molecule has 1 fully saturated rings. The van der Waals surface area contributed by atoms with Crippen molar-refractivity contribution in [3.05, 3.63) is 42.0 Å². The van der Waals surface area contributed by atoms with Crippen molar-refractivity contribution in [2.75, 3.05) is 0 Å². The quantitative estimate of drug-likeness (QED) is 0.666. The molecule has 0 radical (unpaired) electrons. The predicted octanol–water partition coefficient (Wildman–Crippen LogP) is 4.58. The Balaban J connectivity index is 1.95. The van der Waals surface area contributed by atoms with E-state index in [9.17, 15) is 0 Å². The largest absolute Gasteiger partial charge is 0.490 e. The zero-order valence-electron chi connectivity index (χ0n) is 12.2. The third kappa shape index (κ3) is 3.18. The van der Waals surface area contributed by atoms with Gasteiger partial charge in [-0.05, 0) is 43.2 Å². The Morgan fingerprint density at radius 1 is 0.952 bits per heavy atom. The highest BCUT2D eigenvalue weighted by Crippen LogP contribution is 2.31. The molecule has 1 aliphatic carbocycles. The van der Waals surface area contributed by atoms with Crippen molar-refractivity contribution >= 4 is 28.0 Å². The van der Waals surface area contributed by atoms with Gasteiger partial charge in [0.25, 0.3) is 0 Å². The van der Waals surface area contributed by atoms with E-state index >= 15 is 0 Å². The van der Waals surface area contributed by atoms with Crippen molar-refractivity contribution in [1.29, 1.82) is 0 Å². The first-order valence-electron chi connectivity index (χ1n) is 7.74. The summed E-state index contributed by atoms with van der Waals surface area (Å²) in [6.07, 6.45) is 7.87. The SMILES string of the molecule is NC(=S)c1ccc(OC2CCCCCC2)c2ccccc12. The van der Waals surface area contributed by atoms with Crippen LogP contribution in [0.2, 0.25) is 0 Å². The minimum absolute atomic E-state index is 0.339. The Kier molecular flexibility index (Phi) is 4.39. The lowest BCUT2D eigenvalue weighted by Gasteiger charge is -2.19. The molecular formula is C18H21NOS. The van der Waals surface area contributed by atoms with Gasteiger partial charge in [-0.1, -0.05) is 49.3 Å². The smallest absolute Gasteiger partial charge is 0.127 e. The van der Waals surface area contributed by atoms with Crippen LogP contribution in [0.1, 0.15) is 44.1 Å². The van der Waals surface area contributed by atoms with Crippen LogP contribution in [-0.2, 0) is 0 Å². The molecule has 0 aliphatic heterocycles. The van der Waals surface area contributed by atoms with Crippen molar-refractivity contribution in [1.82, 2.24) is 0 Å². The van der Waals surface area contributed by atoms with Crippen LogP contribution in [-0.4, -0.2) is 11.1 Å². The molecule has 0 amide bonds. The summed E-state index contributed by atoms with van der Waals surface area (Å²) >= 11 is 5.15. The molecule has 0 saturated heterocycles. The van der Waals surface area contributed by atoms with Gasteiger partial charge in [-0.2, -0.15) is 0 Å². The standard InChI is InChI=1S/C18H21NOS/c19-18(21)16-11-12-17(15-10-6-5-9-14(15)16)20-13-7-3-1-2-4-8-13/h5-6,9-13H,1-4,7-8H2,(H2,19,21). The zero-order valence-corrected chi connectivity index (χ0v) is 13.0. The van der Waals surface area contributed by atoms with Gasteiger partial charge in [0.15, 0.2) is 0 Å². The second-order valence-electron chi connectivity index (χ2n) is 5.75. The summed E-state index contributed by atoms with van der Waals surface area (Å²) in [4.78, 5) is 0.437. The van der Waals surface area contributed by atoms with E-state index in [0.717, 1.165) is 34.9 Å². The number of ether oxygens (including phenoxy) is 1. The van der Waals surface area contributed by atoms with Gasteiger partial charge in [0.1, 0.15) is 10.7 Å². The molecule has 2 aromatic carbocycles. The first-order valence-corrected chi connectivity index (χ1v) is 8.15. The molecule has 2 N–H and O–H groups in total. The zero-order chi connectivity index (χ0) is 14.7. The lowest BCUT2D eigenvalue weighted by Crippen LogP contribution is -2.16. The number of hydrogen-bond acceptors (Lipinski definition) is 2. The molecule has 0 heterocycles. The van der Waals surface area contributed by atoms with E-state index in [1.165, 1.54) is 25.7 Å². The van der Waals surface area contributed by atoms with Crippen molar-refractivity contribution < 1.29 is 4.74 Å². The Bertz CT molecular complexity index is 645. The van der Waals surface area contributed by atoms with Crippen molar-refractivity contribution in [3.8, 4) is 5.75 Å². The summed E-state index contributed by atoms with van der Waals surface area (Å²) in [5.41, 5.74) is 6.75. The van der Waals surface area contributed by atoms with Crippen LogP contribution in [0.15, 0.2) is 36.4 Å². The van der Waals surface area contributed by atoms with E-state index < -0.39 is 0 Å². The third-order valence-corrected chi connectivity index (χ3v) is 4.47. The molecule has 0 bridgehead atoms. The van der Waals surface area contributed by atoms with Gasteiger partial charge in [0, 0.05) is 10.9 Å². The molecule has 0 unspecified atom stereocenters. The average molecular weight is 299 g/mol. The number of rotatable bonds is 3. The fraction of sp³-hybridized carbons (Fsp3) is 0.389. The maximum absolute atomic E-state index is 6.30. The number of benzene rings is 2. The molecule has 21 heavy (non-hydrogen) atoms. The second kappa shape index (κ2) is 6.44. The Morgan fingerprint density at radius 2 is 1.62 bits per heavy atom. The van der Waals surface area contributed by atoms with Crippen molar-refractivity contribution in [3.63, 3.8) is 0 Å². The normalized spacial score (nSPS) is 16.6. The van der Waals surface area contributed by atoms with Crippen LogP contribution in [0.25, 0.3) is 10.8 Å². The summed E-state index contributed by atoms with van der Waals surface area (Å²) in [6.45, 7) is 0. The molecule has 3 rings (SSSR count). The third-order valence-electron chi connectivity index (χ3n) is 4.25. The first kappa shape index (κ1) is 14.3. The van der Waals surface area contributed by atoms with E-state index in [0.29, 0.717) is 11.1 Å². The van der Waals surface area contributed by atoms with Crippen LogP contribution in [0, 0.1) is 0 Å². The fourth-order valence-electron chi connectivity index (χ4n) is 3.13. The number of hydrogen-bond donors (Lipinski definition) is 1. The topological polar surface area (TPSA) is 35.2 Å². The average Bonchev–Trinajstić information content (AvgIpc) is 2.76. The van der Waals surface area contributed by atoms with E-state index in [4.69, 9.17) is 22.7 Å². The maximum Gasteiger partial charge on any atom is 0.127 e. The minimum atomic E-state index is 0.339. The highest BCUT2D eigenvalue weighted by Gasteiger charge is 2.16. The van der Waals surface area contributed by atoms with Gasteiger partial charge in [-0.15, -0.1) is 0 Å². The molecular weight excluding hydrogens is 278 g/mol. The molecule has 1 saturated carbocycles. The molecule has 2 nitrogen and oxygen atoms in total. The monoisotopic (exact) mass is 299 g/mol. The Hall–Kier alpha value is -1.61. The maximum atomic E-state index is 6.30. The second-order valence-corrected chi connectivity index (χ2v) is 6.19. The van der Waals surface area contributed by atoms with Crippen LogP contribution in [0.5, 0.6) is 5.75 Å². The Morgan fingerprint density at radius 3 is 2.29 bits per heavy atom. The van der Waals surface area contributed by atoms with Crippen LogP contribution < -0.4 is 10.5 Å². The van der Waals surface area contributed by atoms with Crippen molar-refractivity contribution in [2.24, 2.45) is 5.73 Å². The number of nitrogens with two attached hydrogens (primary N) is 1. The first-order chi connectivity index (χ1) is 10.3. The molecule has 0 atom stereocenters. The molecule has 3 heteroatoms. The van der Waals surface area contributed by atoms with E-state index in [1.807, 2.05) is 24.3 Å². The lowest BCUT2D eigenvalue weighted by molar-refractivity contribution is 0.186. The Labute approximate surface area is 131 Å². The summed E-state index contributed by atoms with van der Waals surface area (Å²) in [7, 11) is 0. The van der Waals surface area contributed by atoms with Crippen LogP contribution in [0.4, 0.5) is 0 Å². The van der Waals surface area contributed by atoms with Crippen LogP contribution in [0.3, 0.4) is 0 Å². The highest BCUT2D eigenvalue weighted by atomic mass is 32.1.